The number of nitrogens with zero attached hydrogens (tertiary/aromatic N) is 2. The van der Waals surface area contributed by atoms with Crippen molar-refractivity contribution in [2.45, 2.75) is 24.8 Å². The van der Waals surface area contributed by atoms with E-state index in [-0.39, 0.29) is 11.4 Å². The van der Waals surface area contributed by atoms with E-state index in [4.69, 9.17) is 0 Å². The molecule has 1 aliphatic carbocycles. The summed E-state index contributed by atoms with van der Waals surface area (Å²) in [6.07, 6.45) is 5.92. The molecule has 132 valence electrons. The molecule has 5 heteroatoms. The number of hydrogen-bond acceptors (Lipinski definition) is 2. The van der Waals surface area contributed by atoms with Crippen LogP contribution in [0.5, 0.6) is 0 Å². The van der Waals surface area contributed by atoms with Gasteiger partial charge in [0.2, 0.25) is 0 Å². The summed E-state index contributed by atoms with van der Waals surface area (Å²) in [5.41, 5.74) is 3.50. The summed E-state index contributed by atoms with van der Waals surface area (Å²) in [5, 5.41) is 10.2. The van der Waals surface area contributed by atoms with E-state index in [1.54, 1.807) is 6.20 Å². The maximum absolute atomic E-state index is 12.1. The van der Waals surface area contributed by atoms with Gasteiger partial charge in [-0.2, -0.15) is 5.10 Å². The topological polar surface area (TPSA) is 59.0 Å². The second kappa shape index (κ2) is 7.04. The normalized spacial score (nSPS) is 14.6. The van der Waals surface area contributed by atoms with Gasteiger partial charge in [0, 0.05) is 30.9 Å². The van der Waals surface area contributed by atoms with E-state index in [2.05, 4.69) is 40.0 Å². The molecule has 1 aliphatic rings. The summed E-state index contributed by atoms with van der Waals surface area (Å²) in [7, 11) is 0. The fraction of sp³-hybridized carbons (Fsp3) is 0.238. The Kier molecular flexibility index (Phi) is 4.44. The standard InChI is InChI=1S/C21H22N4O/c26-20(23-16-21(11-12-21)18-5-2-1-3-6-18)22-15-17-7-9-19(10-8-17)25-14-4-13-24-25/h1-10,13-14H,11-12,15-16H2,(H2,22,23,26). The molecule has 1 fully saturated rings. The minimum absolute atomic E-state index is 0.122. The van der Waals surface area contributed by atoms with Gasteiger partial charge in [0.15, 0.2) is 0 Å². The number of carbonyl (C=O) groups is 1. The molecule has 1 saturated carbocycles. The molecule has 4 rings (SSSR count). The lowest BCUT2D eigenvalue weighted by Crippen LogP contribution is -2.39. The highest BCUT2D eigenvalue weighted by molar-refractivity contribution is 5.74. The molecule has 2 N–H and O–H groups in total. The number of aromatic nitrogens is 2. The number of amides is 2. The molecule has 0 unspecified atom stereocenters. The van der Waals surface area contributed by atoms with Crippen molar-refractivity contribution in [1.82, 2.24) is 20.4 Å². The molecular formula is C21H22N4O. The molecule has 5 nitrogen and oxygen atoms in total. The van der Waals surface area contributed by atoms with Crippen LogP contribution in [0.25, 0.3) is 5.69 Å². The van der Waals surface area contributed by atoms with Crippen LogP contribution >= 0.6 is 0 Å². The first-order chi connectivity index (χ1) is 12.8. The number of urea groups is 1. The van der Waals surface area contributed by atoms with Gasteiger partial charge < -0.3 is 10.6 Å². The fourth-order valence-corrected chi connectivity index (χ4v) is 3.19. The van der Waals surface area contributed by atoms with Crippen LogP contribution in [-0.2, 0) is 12.0 Å². The molecule has 0 bridgehead atoms. The second-order valence-electron chi connectivity index (χ2n) is 6.80. The number of rotatable bonds is 6. The van der Waals surface area contributed by atoms with Crippen LogP contribution in [0.15, 0.2) is 73.1 Å². The van der Waals surface area contributed by atoms with Crippen molar-refractivity contribution < 1.29 is 4.79 Å². The van der Waals surface area contributed by atoms with Crippen molar-refractivity contribution in [3.63, 3.8) is 0 Å². The summed E-state index contributed by atoms with van der Waals surface area (Å²) in [6, 6.07) is 20.2. The fourth-order valence-electron chi connectivity index (χ4n) is 3.19. The van der Waals surface area contributed by atoms with Crippen molar-refractivity contribution in [1.29, 1.82) is 0 Å². The Morgan fingerprint density at radius 2 is 1.77 bits per heavy atom. The Morgan fingerprint density at radius 3 is 2.42 bits per heavy atom. The van der Waals surface area contributed by atoms with E-state index in [0.717, 1.165) is 24.1 Å². The van der Waals surface area contributed by atoms with Gasteiger partial charge in [0.1, 0.15) is 0 Å². The Morgan fingerprint density at radius 1 is 1.00 bits per heavy atom. The molecule has 1 heterocycles. The monoisotopic (exact) mass is 346 g/mol. The summed E-state index contributed by atoms with van der Waals surface area (Å²) in [4.78, 5) is 12.1. The van der Waals surface area contributed by atoms with E-state index >= 15 is 0 Å². The van der Waals surface area contributed by atoms with Gasteiger partial charge in [-0.3, -0.25) is 0 Å². The van der Waals surface area contributed by atoms with E-state index < -0.39 is 0 Å². The van der Waals surface area contributed by atoms with Crippen molar-refractivity contribution in [2.24, 2.45) is 0 Å². The lowest BCUT2D eigenvalue weighted by atomic mass is 9.96. The quantitative estimate of drug-likeness (QED) is 0.719. The molecule has 0 spiro atoms. The molecule has 26 heavy (non-hydrogen) atoms. The number of benzene rings is 2. The minimum Gasteiger partial charge on any atom is -0.337 e. The Labute approximate surface area is 153 Å². The minimum atomic E-state index is -0.122. The smallest absolute Gasteiger partial charge is 0.315 e. The Hall–Kier alpha value is -3.08. The summed E-state index contributed by atoms with van der Waals surface area (Å²) in [6.45, 7) is 1.19. The van der Waals surface area contributed by atoms with Crippen molar-refractivity contribution >= 4 is 6.03 Å². The van der Waals surface area contributed by atoms with Crippen molar-refractivity contribution in [2.75, 3.05) is 6.54 Å². The van der Waals surface area contributed by atoms with Gasteiger partial charge in [-0.25, -0.2) is 9.48 Å². The number of carbonyl (C=O) groups excluding carboxylic acids is 1. The zero-order valence-corrected chi connectivity index (χ0v) is 14.6. The first-order valence-corrected chi connectivity index (χ1v) is 8.91. The van der Waals surface area contributed by atoms with Crippen LogP contribution in [0.3, 0.4) is 0 Å². The third-order valence-electron chi connectivity index (χ3n) is 4.99. The van der Waals surface area contributed by atoms with Gasteiger partial charge >= 0.3 is 6.03 Å². The third-order valence-corrected chi connectivity index (χ3v) is 4.99. The summed E-state index contributed by atoms with van der Waals surface area (Å²) < 4.78 is 1.81. The largest absolute Gasteiger partial charge is 0.337 e. The number of hydrogen-bond donors (Lipinski definition) is 2. The molecule has 0 atom stereocenters. The highest BCUT2D eigenvalue weighted by Gasteiger charge is 2.44. The Bertz CT molecular complexity index is 853. The second-order valence-corrected chi connectivity index (χ2v) is 6.80. The average Bonchev–Trinajstić information content (AvgIpc) is 3.29. The van der Waals surface area contributed by atoms with Gasteiger partial charge in [-0.15, -0.1) is 0 Å². The molecule has 0 saturated heterocycles. The molecule has 3 aromatic rings. The first kappa shape index (κ1) is 16.4. The molecule has 2 amide bonds. The zero-order valence-electron chi connectivity index (χ0n) is 14.6. The van der Waals surface area contributed by atoms with Gasteiger partial charge in [0.25, 0.3) is 0 Å². The van der Waals surface area contributed by atoms with Gasteiger partial charge in [-0.1, -0.05) is 42.5 Å². The van der Waals surface area contributed by atoms with E-state index in [1.165, 1.54) is 5.56 Å². The van der Waals surface area contributed by atoms with E-state index in [0.29, 0.717) is 13.1 Å². The van der Waals surface area contributed by atoms with Crippen LogP contribution < -0.4 is 10.6 Å². The predicted octanol–water partition coefficient (Wildman–Crippen LogP) is 3.40. The first-order valence-electron chi connectivity index (χ1n) is 8.91. The lowest BCUT2D eigenvalue weighted by Gasteiger charge is -2.17. The SMILES string of the molecule is O=C(NCc1ccc(-n2cccn2)cc1)NCC1(c2ccccc2)CC1. The van der Waals surface area contributed by atoms with Crippen LogP contribution in [0.4, 0.5) is 4.79 Å². The van der Waals surface area contributed by atoms with E-state index in [9.17, 15) is 4.79 Å². The van der Waals surface area contributed by atoms with Crippen LogP contribution in [-0.4, -0.2) is 22.4 Å². The van der Waals surface area contributed by atoms with Crippen LogP contribution in [0.1, 0.15) is 24.0 Å². The maximum atomic E-state index is 12.1. The Balaban J connectivity index is 1.27. The summed E-state index contributed by atoms with van der Waals surface area (Å²) in [5.74, 6) is 0. The zero-order chi connectivity index (χ0) is 17.8. The molecule has 1 aromatic heterocycles. The highest BCUT2D eigenvalue weighted by Crippen LogP contribution is 2.47. The van der Waals surface area contributed by atoms with Crippen LogP contribution in [0, 0.1) is 0 Å². The van der Waals surface area contributed by atoms with Crippen LogP contribution in [0.2, 0.25) is 0 Å². The molecule has 0 aliphatic heterocycles. The van der Waals surface area contributed by atoms with Crippen molar-refractivity contribution in [3.8, 4) is 5.69 Å². The van der Waals surface area contributed by atoms with E-state index in [1.807, 2.05) is 47.3 Å². The number of nitrogens with one attached hydrogen (secondary N) is 2. The molecular weight excluding hydrogens is 324 g/mol. The third kappa shape index (κ3) is 3.61. The highest BCUT2D eigenvalue weighted by atomic mass is 16.2. The molecule has 0 radical (unpaired) electrons. The van der Waals surface area contributed by atoms with Gasteiger partial charge in [0.05, 0.1) is 5.69 Å². The van der Waals surface area contributed by atoms with Gasteiger partial charge in [-0.05, 0) is 42.2 Å². The molecule has 2 aromatic carbocycles. The van der Waals surface area contributed by atoms with Crippen molar-refractivity contribution in [3.05, 3.63) is 84.2 Å². The maximum Gasteiger partial charge on any atom is 0.315 e. The predicted molar refractivity (Wildman–Crippen MR) is 101 cm³/mol. The summed E-state index contributed by atoms with van der Waals surface area (Å²) >= 11 is 0. The average molecular weight is 346 g/mol. The lowest BCUT2D eigenvalue weighted by molar-refractivity contribution is 0.239.